The zero-order valence-electron chi connectivity index (χ0n) is 16.7. The highest BCUT2D eigenvalue weighted by Crippen LogP contribution is 2.34. The van der Waals surface area contributed by atoms with Gasteiger partial charge in [-0.2, -0.15) is 18.3 Å². The monoisotopic (exact) mass is 417 g/mol. The van der Waals surface area contributed by atoms with Gasteiger partial charge >= 0.3 is 6.18 Å². The molecule has 1 fully saturated rings. The zero-order valence-corrected chi connectivity index (χ0v) is 16.7. The molecule has 4 rings (SSSR count). The Morgan fingerprint density at radius 3 is 2.57 bits per heavy atom. The van der Waals surface area contributed by atoms with E-state index in [4.69, 9.17) is 0 Å². The maximum Gasteiger partial charge on any atom is 0.416 e. The van der Waals surface area contributed by atoms with Crippen LogP contribution in [0.1, 0.15) is 28.8 Å². The second-order valence-corrected chi connectivity index (χ2v) is 7.60. The molecule has 158 valence electrons. The number of piperidine rings is 1. The summed E-state index contributed by atoms with van der Waals surface area (Å²) in [5, 5.41) is 4.75. The van der Waals surface area contributed by atoms with E-state index in [0.29, 0.717) is 29.6 Å². The van der Waals surface area contributed by atoms with Crippen molar-refractivity contribution < 1.29 is 18.0 Å². The average molecular weight is 417 g/mol. The minimum atomic E-state index is -4.39. The Balaban J connectivity index is 1.49. The molecule has 3 heterocycles. The van der Waals surface area contributed by atoms with Crippen molar-refractivity contribution >= 4 is 22.5 Å². The predicted octanol–water partition coefficient (Wildman–Crippen LogP) is 3.73. The number of pyridine rings is 1. The number of hydrogen-bond acceptors (Lipinski definition) is 4. The van der Waals surface area contributed by atoms with Gasteiger partial charge in [0.1, 0.15) is 0 Å². The summed E-state index contributed by atoms with van der Waals surface area (Å²) >= 11 is 0. The first-order valence-electron chi connectivity index (χ1n) is 9.71. The first-order valence-corrected chi connectivity index (χ1v) is 9.71. The van der Waals surface area contributed by atoms with Crippen LogP contribution >= 0.6 is 0 Å². The highest BCUT2D eigenvalue weighted by molar-refractivity contribution is 5.94. The molecule has 0 bridgehead atoms. The van der Waals surface area contributed by atoms with Gasteiger partial charge in [0, 0.05) is 56.7 Å². The minimum absolute atomic E-state index is 0.0596. The summed E-state index contributed by atoms with van der Waals surface area (Å²) in [7, 11) is 3.57. The summed E-state index contributed by atoms with van der Waals surface area (Å²) in [5.74, 6) is -0.0596. The minimum Gasteiger partial charge on any atom is -0.371 e. The Kier molecular flexibility index (Phi) is 5.13. The highest BCUT2D eigenvalue weighted by Gasteiger charge is 2.31. The molecular formula is C21H22F3N5O. The number of rotatable bonds is 3. The molecular weight excluding hydrogens is 395 g/mol. The van der Waals surface area contributed by atoms with Crippen molar-refractivity contribution in [3.05, 3.63) is 54.0 Å². The summed E-state index contributed by atoms with van der Waals surface area (Å²) < 4.78 is 40.6. The molecule has 1 saturated heterocycles. The Morgan fingerprint density at radius 1 is 1.20 bits per heavy atom. The van der Waals surface area contributed by atoms with Gasteiger partial charge in [0.25, 0.3) is 5.91 Å². The van der Waals surface area contributed by atoms with Crippen LogP contribution in [0.4, 0.5) is 18.9 Å². The van der Waals surface area contributed by atoms with Gasteiger partial charge < -0.3 is 9.80 Å². The molecule has 1 aromatic carbocycles. The lowest BCUT2D eigenvalue weighted by atomic mass is 10.0. The summed E-state index contributed by atoms with van der Waals surface area (Å²) in [5.41, 5.74) is 1.05. The first kappa shape index (κ1) is 20.2. The van der Waals surface area contributed by atoms with Gasteiger partial charge in [0.15, 0.2) is 0 Å². The number of hydrogen-bond donors (Lipinski definition) is 0. The third kappa shape index (κ3) is 3.83. The van der Waals surface area contributed by atoms with Crippen LogP contribution in [0.5, 0.6) is 0 Å². The number of carbonyl (C=O) groups is 1. The van der Waals surface area contributed by atoms with Gasteiger partial charge in [0.05, 0.1) is 22.8 Å². The Labute approximate surface area is 171 Å². The highest BCUT2D eigenvalue weighted by atomic mass is 19.4. The van der Waals surface area contributed by atoms with Crippen LogP contribution in [-0.4, -0.2) is 51.8 Å². The number of halogens is 3. The van der Waals surface area contributed by atoms with Gasteiger partial charge in [-0.05, 0) is 31.0 Å². The van der Waals surface area contributed by atoms with Crippen molar-refractivity contribution in [2.75, 3.05) is 25.0 Å². The summed E-state index contributed by atoms with van der Waals surface area (Å²) in [6.45, 7) is 1.41. The van der Waals surface area contributed by atoms with E-state index in [1.54, 1.807) is 42.3 Å². The van der Waals surface area contributed by atoms with E-state index in [9.17, 15) is 18.0 Å². The van der Waals surface area contributed by atoms with E-state index in [0.717, 1.165) is 30.7 Å². The lowest BCUT2D eigenvalue weighted by Crippen LogP contribution is -2.45. The number of fused-ring (bicyclic) bond motifs is 1. The number of anilines is 1. The molecule has 9 heteroatoms. The number of carbonyl (C=O) groups excluding carboxylic acids is 1. The summed E-state index contributed by atoms with van der Waals surface area (Å²) in [6.07, 6.45) is 1.95. The van der Waals surface area contributed by atoms with Crippen LogP contribution in [0.3, 0.4) is 0 Å². The maximum atomic E-state index is 13.0. The second kappa shape index (κ2) is 7.62. The van der Waals surface area contributed by atoms with Gasteiger partial charge in [0.2, 0.25) is 0 Å². The van der Waals surface area contributed by atoms with Crippen LogP contribution in [0.2, 0.25) is 0 Å². The van der Waals surface area contributed by atoms with E-state index in [1.807, 2.05) is 6.07 Å². The third-order valence-electron chi connectivity index (χ3n) is 5.67. The van der Waals surface area contributed by atoms with Crippen molar-refractivity contribution in [2.24, 2.45) is 7.05 Å². The lowest BCUT2D eigenvalue weighted by molar-refractivity contribution is -0.137. The van der Waals surface area contributed by atoms with Gasteiger partial charge in [-0.25, -0.2) is 0 Å². The van der Waals surface area contributed by atoms with E-state index in [2.05, 4.69) is 15.0 Å². The van der Waals surface area contributed by atoms with Crippen LogP contribution in [0.15, 0.2) is 42.9 Å². The predicted molar refractivity (Wildman–Crippen MR) is 107 cm³/mol. The quantitative estimate of drug-likeness (QED) is 0.652. The molecule has 30 heavy (non-hydrogen) atoms. The van der Waals surface area contributed by atoms with Crippen molar-refractivity contribution in [3.8, 4) is 0 Å². The van der Waals surface area contributed by atoms with Crippen molar-refractivity contribution in [1.82, 2.24) is 19.7 Å². The molecule has 0 radical (unpaired) electrons. The molecule has 0 saturated carbocycles. The smallest absolute Gasteiger partial charge is 0.371 e. The molecule has 3 aromatic rings. The van der Waals surface area contributed by atoms with Crippen LogP contribution in [0.25, 0.3) is 10.9 Å². The fourth-order valence-corrected chi connectivity index (χ4v) is 3.98. The van der Waals surface area contributed by atoms with E-state index >= 15 is 0 Å². The zero-order chi connectivity index (χ0) is 21.5. The summed E-state index contributed by atoms with van der Waals surface area (Å²) in [6, 6.07) is 5.61. The second-order valence-electron chi connectivity index (χ2n) is 7.60. The molecule has 0 aliphatic carbocycles. The number of amides is 1. The van der Waals surface area contributed by atoms with Gasteiger partial charge in [-0.1, -0.05) is 6.07 Å². The van der Waals surface area contributed by atoms with E-state index in [-0.39, 0.29) is 11.9 Å². The van der Waals surface area contributed by atoms with Crippen molar-refractivity contribution in [3.63, 3.8) is 0 Å². The molecule has 1 aliphatic rings. The normalized spacial score (nSPS) is 15.6. The van der Waals surface area contributed by atoms with Gasteiger partial charge in [-0.15, -0.1) is 0 Å². The first-order chi connectivity index (χ1) is 14.2. The van der Waals surface area contributed by atoms with Crippen molar-refractivity contribution in [2.45, 2.75) is 25.1 Å². The molecule has 1 aliphatic heterocycles. The third-order valence-corrected chi connectivity index (χ3v) is 5.67. The number of alkyl halides is 3. The largest absolute Gasteiger partial charge is 0.416 e. The average Bonchev–Trinajstić information content (AvgIpc) is 3.17. The fraction of sp³-hybridized carbons (Fsp3) is 0.381. The molecule has 1 amide bonds. The standard InChI is InChI=1S/C21H22F3N5O/c1-27-13-14(12-26-27)20(30)28(2)16-6-9-29(10-7-16)19-5-8-25-18-11-15(21(22,23)24)3-4-17(18)19/h3-5,8,11-13,16H,6-7,9-10H2,1-2H3. The molecule has 0 unspecified atom stereocenters. The molecule has 2 aromatic heterocycles. The topological polar surface area (TPSA) is 54.3 Å². The molecule has 0 spiro atoms. The molecule has 0 N–H and O–H groups in total. The van der Waals surface area contributed by atoms with Gasteiger partial charge in [-0.3, -0.25) is 14.5 Å². The van der Waals surface area contributed by atoms with Crippen LogP contribution < -0.4 is 4.90 Å². The number of benzene rings is 1. The number of nitrogens with zero attached hydrogens (tertiary/aromatic N) is 5. The summed E-state index contributed by atoms with van der Waals surface area (Å²) in [4.78, 5) is 20.7. The van der Waals surface area contributed by atoms with E-state index < -0.39 is 11.7 Å². The molecule has 6 nitrogen and oxygen atoms in total. The fourth-order valence-electron chi connectivity index (χ4n) is 3.98. The maximum absolute atomic E-state index is 13.0. The van der Waals surface area contributed by atoms with Crippen molar-refractivity contribution in [1.29, 1.82) is 0 Å². The number of aromatic nitrogens is 3. The number of aryl methyl sites for hydroxylation is 1. The Morgan fingerprint density at radius 2 is 1.93 bits per heavy atom. The lowest BCUT2D eigenvalue weighted by Gasteiger charge is -2.38. The Hall–Kier alpha value is -3.10. The van der Waals surface area contributed by atoms with Crippen LogP contribution in [0, 0.1) is 0 Å². The SMILES string of the molecule is CN(C(=O)c1cnn(C)c1)C1CCN(c2ccnc3cc(C(F)(F)F)ccc23)CC1. The van der Waals surface area contributed by atoms with Crippen LogP contribution in [-0.2, 0) is 13.2 Å². The van der Waals surface area contributed by atoms with E-state index in [1.165, 1.54) is 6.07 Å². The Bertz CT molecular complexity index is 1070. The molecule has 0 atom stereocenters.